The van der Waals surface area contributed by atoms with Gasteiger partial charge in [0.2, 0.25) is 0 Å². The lowest BCUT2D eigenvalue weighted by atomic mass is 10.1. The maximum absolute atomic E-state index is 11.9. The second kappa shape index (κ2) is 7.71. The van der Waals surface area contributed by atoms with Crippen LogP contribution in [0.4, 0.5) is 5.82 Å². The number of phenolic OH excluding ortho intramolecular Hbond substituents is 1. The number of phosphoric ester groups is 1. The number of aromatic nitrogens is 4. The molecule has 12 nitrogen and oxygen atoms in total. The summed E-state index contributed by atoms with van der Waals surface area (Å²) in [6, 6.07) is 6.60. The number of benzene rings is 1. The van der Waals surface area contributed by atoms with Crippen LogP contribution in [-0.2, 0) is 23.1 Å². The number of hydrogen-bond acceptors (Lipinski definition) is 11. The molecule has 1 aromatic carbocycles. The third-order valence-electron chi connectivity index (χ3n) is 4.99. The lowest BCUT2D eigenvalue weighted by Gasteiger charge is -2.29. The first-order valence-electron chi connectivity index (χ1n) is 9.15. The minimum Gasteiger partial charge on any atom is -0.508 e. The summed E-state index contributed by atoms with van der Waals surface area (Å²) in [4.78, 5) is 23.5. The van der Waals surface area contributed by atoms with Crippen molar-refractivity contribution in [3.8, 4) is 5.75 Å². The highest BCUT2D eigenvalue weighted by Gasteiger charge is 2.54. The molecule has 2 saturated heterocycles. The van der Waals surface area contributed by atoms with Crippen LogP contribution < -0.4 is 5.73 Å². The number of methoxy groups -OCH3 is 1. The van der Waals surface area contributed by atoms with E-state index in [4.69, 9.17) is 24.3 Å². The van der Waals surface area contributed by atoms with Crippen LogP contribution >= 0.6 is 19.6 Å². The molecular weight excluding hydrogens is 449 g/mol. The summed E-state index contributed by atoms with van der Waals surface area (Å²) in [7, 11) is -2.74. The number of aromatic hydroxyl groups is 1. The van der Waals surface area contributed by atoms with Crippen molar-refractivity contribution in [2.75, 3.05) is 19.5 Å². The first-order valence-corrected chi connectivity index (χ1v) is 11.5. The van der Waals surface area contributed by atoms with Crippen molar-refractivity contribution in [2.45, 2.75) is 34.6 Å². The monoisotopic (exact) mass is 467 g/mol. The summed E-state index contributed by atoms with van der Waals surface area (Å²) in [6.45, 7) is -0.126. The van der Waals surface area contributed by atoms with Crippen molar-refractivity contribution in [1.82, 2.24) is 19.5 Å². The standard InChI is InChI=1S/C17H18N5O7PS/c1-26-13-12-10(6-27-30(24,25)29-12)28-16(13)22-15-11(14(18)19-7-20-15)21-17(22)31-9-4-2-8(23)3-5-9/h2-5,7,10,12-13,16,23H,6H2,1H3,(H,24,25)(H2,18,19,20)/t10-,12-,13-,16-/m1/s1. The Morgan fingerprint density at radius 1 is 1.32 bits per heavy atom. The zero-order valence-electron chi connectivity index (χ0n) is 16.1. The minimum atomic E-state index is -4.20. The molecule has 2 fully saturated rings. The molecule has 164 valence electrons. The summed E-state index contributed by atoms with van der Waals surface area (Å²) < 4.78 is 35.5. The second-order valence-corrected chi connectivity index (χ2v) is 9.34. The van der Waals surface area contributed by atoms with Crippen LogP contribution in [0.15, 0.2) is 40.6 Å². The molecule has 2 aliphatic heterocycles. The molecule has 14 heteroatoms. The lowest BCUT2D eigenvalue weighted by molar-refractivity contribution is -0.0690. The Labute approximate surface area is 179 Å². The predicted octanol–water partition coefficient (Wildman–Crippen LogP) is 1.69. The molecule has 5 rings (SSSR count). The fourth-order valence-electron chi connectivity index (χ4n) is 3.61. The van der Waals surface area contributed by atoms with E-state index in [-0.39, 0.29) is 18.2 Å². The second-order valence-electron chi connectivity index (χ2n) is 6.89. The van der Waals surface area contributed by atoms with Crippen LogP contribution in [0.5, 0.6) is 5.75 Å². The highest BCUT2D eigenvalue weighted by atomic mass is 32.2. The minimum absolute atomic E-state index is 0.126. The van der Waals surface area contributed by atoms with Gasteiger partial charge in [0.05, 0.1) is 6.61 Å². The van der Waals surface area contributed by atoms with E-state index in [0.717, 1.165) is 4.90 Å². The summed E-state index contributed by atoms with van der Waals surface area (Å²) in [5, 5.41) is 10.0. The summed E-state index contributed by atoms with van der Waals surface area (Å²) in [5.41, 5.74) is 6.80. The van der Waals surface area contributed by atoms with Gasteiger partial charge in [-0.2, -0.15) is 0 Å². The Bertz CT molecular complexity index is 1180. The van der Waals surface area contributed by atoms with Gasteiger partial charge in [0, 0.05) is 12.0 Å². The number of nitrogens with two attached hydrogens (primary N) is 1. The normalized spacial score (nSPS) is 30.5. The Morgan fingerprint density at radius 2 is 2.10 bits per heavy atom. The van der Waals surface area contributed by atoms with Crippen LogP contribution in [0.3, 0.4) is 0 Å². The van der Waals surface area contributed by atoms with Gasteiger partial charge in [-0.3, -0.25) is 13.6 Å². The summed E-state index contributed by atoms with van der Waals surface area (Å²) in [5.74, 6) is 0.335. The van der Waals surface area contributed by atoms with Crippen molar-refractivity contribution in [1.29, 1.82) is 0 Å². The molecular formula is C17H18N5O7PS. The third-order valence-corrected chi connectivity index (χ3v) is 6.95. The van der Waals surface area contributed by atoms with Gasteiger partial charge in [0.25, 0.3) is 0 Å². The quantitative estimate of drug-likeness (QED) is 0.476. The van der Waals surface area contributed by atoms with E-state index in [2.05, 4.69) is 15.0 Å². The predicted molar refractivity (Wildman–Crippen MR) is 107 cm³/mol. The zero-order chi connectivity index (χ0) is 21.8. The van der Waals surface area contributed by atoms with Gasteiger partial charge in [-0.25, -0.2) is 19.5 Å². The maximum Gasteiger partial charge on any atom is 0.472 e. The molecule has 4 heterocycles. The third kappa shape index (κ3) is 3.68. The van der Waals surface area contributed by atoms with E-state index >= 15 is 0 Å². The first kappa shape index (κ1) is 20.6. The van der Waals surface area contributed by atoms with Gasteiger partial charge in [0.15, 0.2) is 28.4 Å². The number of fused-ring (bicyclic) bond motifs is 2. The number of ether oxygens (including phenoxy) is 2. The van der Waals surface area contributed by atoms with E-state index in [9.17, 15) is 14.6 Å². The van der Waals surface area contributed by atoms with Gasteiger partial charge >= 0.3 is 7.82 Å². The molecule has 0 bridgehead atoms. The molecule has 3 aromatic rings. The van der Waals surface area contributed by atoms with Crippen molar-refractivity contribution in [3.63, 3.8) is 0 Å². The Morgan fingerprint density at radius 3 is 2.84 bits per heavy atom. The topological polar surface area (TPSA) is 164 Å². The van der Waals surface area contributed by atoms with Crippen LogP contribution in [0.1, 0.15) is 6.23 Å². The molecule has 0 saturated carbocycles. The number of imidazole rings is 1. The highest BCUT2D eigenvalue weighted by molar-refractivity contribution is 7.99. The summed E-state index contributed by atoms with van der Waals surface area (Å²) >= 11 is 1.30. The molecule has 31 heavy (non-hydrogen) atoms. The van der Waals surface area contributed by atoms with Crippen molar-refractivity contribution in [3.05, 3.63) is 30.6 Å². The highest BCUT2D eigenvalue weighted by Crippen LogP contribution is 2.53. The van der Waals surface area contributed by atoms with Gasteiger partial charge in [-0.05, 0) is 24.3 Å². The molecule has 4 N–H and O–H groups in total. The van der Waals surface area contributed by atoms with E-state index in [1.165, 1.54) is 25.2 Å². The smallest absolute Gasteiger partial charge is 0.472 e. The largest absolute Gasteiger partial charge is 0.508 e. The van der Waals surface area contributed by atoms with Crippen molar-refractivity contribution < 1.29 is 33.1 Å². The van der Waals surface area contributed by atoms with Crippen LogP contribution in [-0.4, -0.2) is 61.5 Å². The zero-order valence-corrected chi connectivity index (χ0v) is 17.8. The molecule has 1 unspecified atom stereocenters. The van der Waals surface area contributed by atoms with Gasteiger partial charge < -0.3 is 25.2 Å². The Hall–Kier alpha value is -2.25. The molecule has 2 aromatic heterocycles. The number of nitrogen functional groups attached to an aromatic ring is 1. The van der Waals surface area contributed by atoms with E-state index in [0.29, 0.717) is 16.3 Å². The number of rotatable bonds is 4. The number of phosphoric acid groups is 1. The van der Waals surface area contributed by atoms with Gasteiger partial charge in [0.1, 0.15) is 30.4 Å². The fraction of sp³-hybridized carbons (Fsp3) is 0.353. The number of nitrogens with zero attached hydrogens (tertiary/aromatic N) is 4. The Balaban J connectivity index is 1.60. The number of anilines is 1. The molecule has 5 atom stereocenters. The molecule has 2 aliphatic rings. The van der Waals surface area contributed by atoms with E-state index in [1.807, 2.05) is 0 Å². The summed E-state index contributed by atoms with van der Waals surface area (Å²) in [6.07, 6.45) is -1.69. The van der Waals surface area contributed by atoms with Gasteiger partial charge in [-0.15, -0.1) is 0 Å². The lowest BCUT2D eigenvalue weighted by Crippen LogP contribution is -2.40. The number of hydrogen-bond donors (Lipinski definition) is 3. The Kier molecular flexibility index (Phi) is 5.13. The molecule has 0 aliphatic carbocycles. The maximum atomic E-state index is 11.9. The molecule has 0 spiro atoms. The van der Waals surface area contributed by atoms with Crippen LogP contribution in [0, 0.1) is 0 Å². The van der Waals surface area contributed by atoms with E-state index < -0.39 is 32.4 Å². The van der Waals surface area contributed by atoms with Crippen molar-refractivity contribution >= 4 is 36.6 Å². The average Bonchev–Trinajstić information content (AvgIpc) is 3.26. The fourth-order valence-corrected chi connectivity index (χ4v) is 5.48. The van der Waals surface area contributed by atoms with Crippen molar-refractivity contribution in [2.24, 2.45) is 0 Å². The average molecular weight is 467 g/mol. The van der Waals surface area contributed by atoms with Crippen LogP contribution in [0.2, 0.25) is 0 Å². The van der Waals surface area contributed by atoms with Crippen LogP contribution in [0.25, 0.3) is 11.2 Å². The molecule has 0 amide bonds. The van der Waals surface area contributed by atoms with E-state index in [1.54, 1.807) is 28.8 Å². The molecule has 0 radical (unpaired) electrons. The first-order chi connectivity index (χ1) is 14.9. The SMILES string of the molecule is CO[C@@H]1[C@@H]2OP(=O)(O)OC[C@H]2O[C@H]1n1c(Sc2ccc(O)cc2)nc2c(N)ncnc21. The number of phenols is 1. The van der Waals surface area contributed by atoms with Gasteiger partial charge in [-0.1, -0.05) is 11.8 Å².